The highest BCUT2D eigenvalue weighted by atomic mass is 14.7. The minimum absolute atomic E-state index is 0.672. The number of rotatable bonds is 1. The maximum Gasteiger partial charge on any atom is -0.0115 e. The highest BCUT2D eigenvalue weighted by Crippen LogP contribution is 2.72. The zero-order valence-electron chi connectivity index (χ0n) is 10.4. The smallest absolute Gasteiger partial charge is 0.0115 e. The zero-order chi connectivity index (χ0) is 10.8. The maximum absolute atomic E-state index is 4.35. The van der Waals surface area contributed by atoms with Crippen LogP contribution in [0.25, 0.3) is 0 Å². The van der Waals surface area contributed by atoms with E-state index in [9.17, 15) is 0 Å². The molecular weight excluding hydrogens is 180 g/mol. The molecule has 4 aliphatic carbocycles. The van der Waals surface area contributed by atoms with Gasteiger partial charge in [-0.3, -0.25) is 0 Å². The lowest BCUT2D eigenvalue weighted by molar-refractivity contribution is -0.194. The van der Waals surface area contributed by atoms with Crippen molar-refractivity contribution < 1.29 is 0 Å². The third-order valence-corrected chi connectivity index (χ3v) is 5.99. The first-order chi connectivity index (χ1) is 7.05. The van der Waals surface area contributed by atoms with E-state index in [0.717, 1.165) is 29.6 Å². The Labute approximate surface area is 94.1 Å². The summed E-state index contributed by atoms with van der Waals surface area (Å²) in [5, 5.41) is 0. The molecule has 0 N–H and O–H groups in total. The van der Waals surface area contributed by atoms with Gasteiger partial charge < -0.3 is 0 Å². The Morgan fingerprint density at radius 3 is 2.67 bits per heavy atom. The van der Waals surface area contributed by atoms with E-state index < -0.39 is 0 Å². The van der Waals surface area contributed by atoms with Crippen LogP contribution in [0.5, 0.6) is 0 Å². The summed E-state index contributed by atoms with van der Waals surface area (Å²) in [6, 6.07) is 0. The average molecular weight is 204 g/mol. The molecule has 4 aliphatic rings. The Balaban J connectivity index is 1.93. The van der Waals surface area contributed by atoms with E-state index in [1.165, 1.54) is 25.7 Å². The number of fused-ring (bicyclic) bond motifs is 2. The lowest BCUT2D eigenvalue weighted by Gasteiger charge is -2.71. The Bertz CT molecular complexity index is 299. The third-order valence-electron chi connectivity index (χ3n) is 5.99. The van der Waals surface area contributed by atoms with Crippen molar-refractivity contribution in [1.29, 1.82) is 0 Å². The molecule has 0 aromatic heterocycles. The van der Waals surface area contributed by atoms with E-state index >= 15 is 0 Å². The molecule has 4 rings (SSSR count). The van der Waals surface area contributed by atoms with Crippen LogP contribution in [0.3, 0.4) is 0 Å². The van der Waals surface area contributed by atoms with Crippen LogP contribution in [0.1, 0.15) is 46.5 Å². The van der Waals surface area contributed by atoms with Crippen LogP contribution in [-0.2, 0) is 0 Å². The molecule has 0 aliphatic heterocycles. The van der Waals surface area contributed by atoms with Gasteiger partial charge in [0.05, 0.1) is 0 Å². The van der Waals surface area contributed by atoms with E-state index in [4.69, 9.17) is 0 Å². The lowest BCUT2D eigenvalue weighted by atomic mass is 9.33. The van der Waals surface area contributed by atoms with Crippen LogP contribution in [0.15, 0.2) is 12.2 Å². The molecule has 5 atom stereocenters. The first-order valence-electron chi connectivity index (χ1n) is 6.73. The van der Waals surface area contributed by atoms with Gasteiger partial charge in [-0.25, -0.2) is 0 Å². The van der Waals surface area contributed by atoms with E-state index in [0.29, 0.717) is 5.41 Å². The molecule has 15 heavy (non-hydrogen) atoms. The number of allylic oxidation sites excluding steroid dienone is 1. The van der Waals surface area contributed by atoms with Crippen molar-refractivity contribution >= 4 is 0 Å². The summed E-state index contributed by atoms with van der Waals surface area (Å²) in [5.74, 6) is 4.85. The molecule has 2 unspecified atom stereocenters. The van der Waals surface area contributed by atoms with Crippen LogP contribution in [0.4, 0.5) is 0 Å². The van der Waals surface area contributed by atoms with E-state index in [-0.39, 0.29) is 0 Å². The first-order valence-corrected chi connectivity index (χ1v) is 6.73. The van der Waals surface area contributed by atoms with Gasteiger partial charge in [-0.1, -0.05) is 32.9 Å². The van der Waals surface area contributed by atoms with Gasteiger partial charge >= 0.3 is 0 Å². The minimum atomic E-state index is 0.672. The summed E-state index contributed by atoms with van der Waals surface area (Å²) in [4.78, 5) is 0. The molecule has 4 fully saturated rings. The molecule has 4 bridgehead atoms. The monoisotopic (exact) mass is 204 g/mol. The van der Waals surface area contributed by atoms with Crippen molar-refractivity contribution in [2.24, 2.45) is 35.0 Å². The zero-order valence-corrected chi connectivity index (χ0v) is 10.4. The Morgan fingerprint density at radius 1 is 1.33 bits per heavy atom. The molecule has 0 spiro atoms. The third kappa shape index (κ3) is 1.04. The predicted octanol–water partition coefficient (Wildman–Crippen LogP) is 4.27. The molecule has 0 saturated heterocycles. The van der Waals surface area contributed by atoms with E-state index in [1.54, 1.807) is 5.57 Å². The summed E-state index contributed by atoms with van der Waals surface area (Å²) in [6.07, 6.45) is 5.73. The Morgan fingerprint density at radius 2 is 2.07 bits per heavy atom. The SMILES string of the molecule is C=C1CC[C@@H]2[C@H]3C(C(C)C)CC[C@]2(C)C13. The second kappa shape index (κ2) is 2.90. The molecule has 0 aromatic rings. The second-order valence-corrected chi connectivity index (χ2v) is 6.81. The van der Waals surface area contributed by atoms with Crippen LogP contribution in [0, 0.1) is 35.0 Å². The predicted molar refractivity (Wildman–Crippen MR) is 64.5 cm³/mol. The molecule has 0 heterocycles. The fourth-order valence-corrected chi connectivity index (χ4v) is 5.32. The van der Waals surface area contributed by atoms with Gasteiger partial charge in [-0.2, -0.15) is 0 Å². The molecular formula is C15H24. The second-order valence-electron chi connectivity index (χ2n) is 6.81. The molecule has 0 aromatic carbocycles. The molecule has 0 heteroatoms. The normalized spacial score (nSPS) is 52.9. The van der Waals surface area contributed by atoms with Crippen LogP contribution in [-0.4, -0.2) is 0 Å². The van der Waals surface area contributed by atoms with E-state index in [2.05, 4.69) is 27.4 Å². The summed E-state index contributed by atoms with van der Waals surface area (Å²) < 4.78 is 0. The van der Waals surface area contributed by atoms with Crippen molar-refractivity contribution in [2.45, 2.75) is 46.5 Å². The molecule has 84 valence electrons. The van der Waals surface area contributed by atoms with Crippen LogP contribution in [0.2, 0.25) is 0 Å². The summed E-state index contributed by atoms with van der Waals surface area (Å²) in [6.45, 7) is 11.7. The van der Waals surface area contributed by atoms with Gasteiger partial charge in [0.25, 0.3) is 0 Å². The van der Waals surface area contributed by atoms with Gasteiger partial charge in [-0.05, 0) is 60.7 Å². The molecule has 4 saturated carbocycles. The largest absolute Gasteiger partial charge is 0.0995 e. The van der Waals surface area contributed by atoms with Crippen molar-refractivity contribution in [2.75, 3.05) is 0 Å². The lowest BCUT2D eigenvalue weighted by Crippen LogP contribution is -2.64. The van der Waals surface area contributed by atoms with Crippen molar-refractivity contribution in [3.05, 3.63) is 12.2 Å². The molecule has 0 nitrogen and oxygen atoms in total. The van der Waals surface area contributed by atoms with E-state index in [1.807, 2.05) is 0 Å². The maximum atomic E-state index is 4.35. The Hall–Kier alpha value is -0.260. The topological polar surface area (TPSA) is 0 Å². The molecule has 0 radical (unpaired) electrons. The average Bonchev–Trinajstić information content (AvgIpc) is 2.17. The van der Waals surface area contributed by atoms with Crippen molar-refractivity contribution in [3.8, 4) is 0 Å². The number of hydrogen-bond donors (Lipinski definition) is 0. The summed E-state index contributed by atoms with van der Waals surface area (Å²) >= 11 is 0. The van der Waals surface area contributed by atoms with Gasteiger partial charge in [0.15, 0.2) is 0 Å². The van der Waals surface area contributed by atoms with Gasteiger partial charge in [-0.15, -0.1) is 0 Å². The van der Waals surface area contributed by atoms with Crippen molar-refractivity contribution in [3.63, 3.8) is 0 Å². The number of hydrogen-bond acceptors (Lipinski definition) is 0. The quantitative estimate of drug-likeness (QED) is 0.559. The molecule has 0 amide bonds. The summed E-state index contributed by atoms with van der Waals surface area (Å²) in [5.41, 5.74) is 2.26. The van der Waals surface area contributed by atoms with Gasteiger partial charge in [0.2, 0.25) is 0 Å². The van der Waals surface area contributed by atoms with Gasteiger partial charge in [0, 0.05) is 0 Å². The first kappa shape index (κ1) is 9.93. The van der Waals surface area contributed by atoms with Crippen LogP contribution >= 0.6 is 0 Å². The summed E-state index contributed by atoms with van der Waals surface area (Å²) in [7, 11) is 0. The highest BCUT2D eigenvalue weighted by molar-refractivity contribution is 5.26. The minimum Gasteiger partial charge on any atom is -0.0995 e. The van der Waals surface area contributed by atoms with Crippen LogP contribution < -0.4 is 0 Å². The Kier molecular flexibility index (Phi) is 1.92. The highest BCUT2D eigenvalue weighted by Gasteiger charge is 2.65. The fourth-order valence-electron chi connectivity index (χ4n) is 5.32. The standard InChI is InChI=1S/C15H24/c1-9(2)11-7-8-15(4)12-6-5-10(3)14(15)13(11)12/h9,11-14H,3,5-8H2,1-2,4H3/t11?,12-,13-,14?,15+/m1/s1. The fraction of sp³-hybridized carbons (Fsp3) is 0.867. The van der Waals surface area contributed by atoms with Gasteiger partial charge in [0.1, 0.15) is 0 Å². The van der Waals surface area contributed by atoms with Crippen molar-refractivity contribution in [1.82, 2.24) is 0 Å².